The lowest BCUT2D eigenvalue weighted by molar-refractivity contribution is 0.281. The van der Waals surface area contributed by atoms with Gasteiger partial charge in [0.25, 0.3) is 0 Å². The SMILES string of the molecule is CCC1(CNS(=O)(=O)c2ccc(Cl)c(CO)c2)CC1. The van der Waals surface area contributed by atoms with Crippen LogP contribution in [0.2, 0.25) is 5.02 Å². The van der Waals surface area contributed by atoms with Gasteiger partial charge in [0.15, 0.2) is 0 Å². The lowest BCUT2D eigenvalue weighted by atomic mass is 10.1. The van der Waals surface area contributed by atoms with Crippen molar-refractivity contribution >= 4 is 21.6 Å². The molecule has 1 aromatic rings. The molecule has 0 saturated heterocycles. The number of halogens is 1. The second kappa shape index (κ2) is 5.40. The zero-order valence-corrected chi connectivity index (χ0v) is 12.4. The third kappa shape index (κ3) is 3.28. The minimum Gasteiger partial charge on any atom is -0.392 e. The second-order valence-electron chi connectivity index (χ2n) is 5.09. The first-order chi connectivity index (χ1) is 8.92. The molecule has 2 N–H and O–H groups in total. The standard InChI is InChI=1S/C13H18ClNO3S/c1-2-13(5-6-13)9-15-19(17,18)11-3-4-12(14)10(7-11)8-16/h3-4,7,15-16H,2,5-6,8-9H2,1H3. The minimum atomic E-state index is -3.53. The van der Waals surface area contributed by atoms with Crippen LogP contribution >= 0.6 is 11.6 Å². The van der Waals surface area contributed by atoms with Gasteiger partial charge in [0, 0.05) is 11.6 Å². The molecule has 2 rings (SSSR count). The first-order valence-corrected chi connectivity index (χ1v) is 8.17. The van der Waals surface area contributed by atoms with Gasteiger partial charge in [-0.1, -0.05) is 18.5 Å². The van der Waals surface area contributed by atoms with Crippen molar-refractivity contribution in [1.82, 2.24) is 4.72 Å². The maximum absolute atomic E-state index is 12.2. The van der Waals surface area contributed by atoms with E-state index < -0.39 is 10.0 Å². The van der Waals surface area contributed by atoms with Gasteiger partial charge < -0.3 is 5.11 Å². The Morgan fingerprint density at radius 1 is 1.42 bits per heavy atom. The lowest BCUT2D eigenvalue weighted by Gasteiger charge is -2.14. The summed E-state index contributed by atoms with van der Waals surface area (Å²) in [7, 11) is -3.53. The molecule has 0 aliphatic heterocycles. The van der Waals surface area contributed by atoms with Crippen molar-refractivity contribution in [2.24, 2.45) is 5.41 Å². The van der Waals surface area contributed by atoms with Crippen molar-refractivity contribution in [3.05, 3.63) is 28.8 Å². The Hall–Kier alpha value is -0.620. The maximum atomic E-state index is 12.2. The largest absolute Gasteiger partial charge is 0.392 e. The van der Waals surface area contributed by atoms with Crippen LogP contribution in [0.5, 0.6) is 0 Å². The van der Waals surface area contributed by atoms with E-state index in [1.165, 1.54) is 18.2 Å². The highest BCUT2D eigenvalue weighted by molar-refractivity contribution is 7.89. The normalized spacial score (nSPS) is 17.4. The molecule has 0 radical (unpaired) electrons. The quantitative estimate of drug-likeness (QED) is 0.847. The molecule has 1 aromatic carbocycles. The van der Waals surface area contributed by atoms with Crippen LogP contribution in [0.15, 0.2) is 23.1 Å². The van der Waals surface area contributed by atoms with Crippen LogP contribution < -0.4 is 4.72 Å². The van der Waals surface area contributed by atoms with Gasteiger partial charge in [-0.3, -0.25) is 0 Å². The van der Waals surface area contributed by atoms with Crippen molar-refractivity contribution < 1.29 is 13.5 Å². The van der Waals surface area contributed by atoms with Crippen LogP contribution in [-0.2, 0) is 16.6 Å². The van der Waals surface area contributed by atoms with Gasteiger partial charge in [-0.15, -0.1) is 0 Å². The van der Waals surface area contributed by atoms with E-state index in [1.54, 1.807) is 0 Å². The highest BCUT2D eigenvalue weighted by Gasteiger charge is 2.41. The number of benzene rings is 1. The minimum absolute atomic E-state index is 0.146. The summed E-state index contributed by atoms with van der Waals surface area (Å²) in [6.07, 6.45) is 3.14. The summed E-state index contributed by atoms with van der Waals surface area (Å²) in [6, 6.07) is 4.36. The molecule has 1 aliphatic rings. The van der Waals surface area contributed by atoms with Gasteiger partial charge in [-0.2, -0.15) is 0 Å². The molecule has 0 atom stereocenters. The van der Waals surface area contributed by atoms with Crippen molar-refractivity contribution in [2.45, 2.75) is 37.7 Å². The molecule has 1 aliphatic carbocycles. The van der Waals surface area contributed by atoms with Crippen LogP contribution in [-0.4, -0.2) is 20.1 Å². The van der Waals surface area contributed by atoms with E-state index in [0.717, 1.165) is 19.3 Å². The van der Waals surface area contributed by atoms with E-state index in [-0.39, 0.29) is 16.9 Å². The summed E-state index contributed by atoms with van der Waals surface area (Å²) in [5.74, 6) is 0. The number of hydrogen-bond donors (Lipinski definition) is 2. The Kier molecular flexibility index (Phi) is 4.20. The molecule has 0 bridgehead atoms. The Balaban J connectivity index is 2.15. The van der Waals surface area contributed by atoms with Crippen LogP contribution in [0.25, 0.3) is 0 Å². The molecule has 1 saturated carbocycles. The Morgan fingerprint density at radius 3 is 2.63 bits per heavy atom. The van der Waals surface area contributed by atoms with Crippen LogP contribution in [0.3, 0.4) is 0 Å². The second-order valence-corrected chi connectivity index (χ2v) is 7.26. The van der Waals surface area contributed by atoms with Gasteiger partial charge in [0.05, 0.1) is 11.5 Å². The third-order valence-electron chi connectivity index (χ3n) is 3.84. The number of sulfonamides is 1. The molecule has 1 fully saturated rings. The molecule has 0 aromatic heterocycles. The topological polar surface area (TPSA) is 66.4 Å². The van der Waals surface area contributed by atoms with Crippen molar-refractivity contribution in [3.63, 3.8) is 0 Å². The van der Waals surface area contributed by atoms with Gasteiger partial charge >= 0.3 is 0 Å². The fourth-order valence-corrected chi connectivity index (χ4v) is 3.39. The highest BCUT2D eigenvalue weighted by Crippen LogP contribution is 2.48. The first-order valence-electron chi connectivity index (χ1n) is 6.31. The van der Waals surface area contributed by atoms with Crippen LogP contribution in [0, 0.1) is 5.41 Å². The molecule has 0 spiro atoms. The van der Waals surface area contributed by atoms with Crippen LogP contribution in [0.1, 0.15) is 31.7 Å². The summed E-state index contributed by atoms with van der Waals surface area (Å²) in [4.78, 5) is 0.146. The van der Waals surface area contributed by atoms with Crippen molar-refractivity contribution in [3.8, 4) is 0 Å². The molecule has 19 heavy (non-hydrogen) atoms. The van der Waals surface area contributed by atoms with Crippen molar-refractivity contribution in [2.75, 3.05) is 6.54 Å². The molecule has 0 amide bonds. The molecular formula is C13H18ClNO3S. The maximum Gasteiger partial charge on any atom is 0.240 e. The van der Waals surface area contributed by atoms with E-state index in [9.17, 15) is 8.42 Å². The predicted octanol–water partition coefficient (Wildman–Crippen LogP) is 2.30. The predicted molar refractivity (Wildman–Crippen MR) is 74.5 cm³/mol. The van der Waals surface area contributed by atoms with Crippen LogP contribution in [0.4, 0.5) is 0 Å². The van der Waals surface area contributed by atoms with E-state index >= 15 is 0 Å². The Bertz CT molecular complexity index is 567. The molecular weight excluding hydrogens is 286 g/mol. The zero-order chi connectivity index (χ0) is 14.1. The average molecular weight is 304 g/mol. The molecule has 106 valence electrons. The van der Waals surface area contributed by atoms with E-state index in [4.69, 9.17) is 16.7 Å². The van der Waals surface area contributed by atoms with Gasteiger partial charge in [0.2, 0.25) is 10.0 Å². The molecule has 4 nitrogen and oxygen atoms in total. The third-order valence-corrected chi connectivity index (χ3v) is 5.61. The van der Waals surface area contributed by atoms with Gasteiger partial charge in [0.1, 0.15) is 0 Å². The molecule has 6 heteroatoms. The Morgan fingerprint density at radius 2 is 2.11 bits per heavy atom. The lowest BCUT2D eigenvalue weighted by Crippen LogP contribution is -2.30. The summed E-state index contributed by atoms with van der Waals surface area (Å²) in [5, 5.41) is 9.49. The Labute approximate surface area is 118 Å². The number of hydrogen-bond acceptors (Lipinski definition) is 3. The van der Waals surface area contributed by atoms with Gasteiger partial charge in [-0.25, -0.2) is 13.1 Å². The number of nitrogens with one attached hydrogen (secondary N) is 1. The summed E-state index contributed by atoms with van der Waals surface area (Å²) >= 11 is 5.85. The number of rotatable bonds is 6. The van der Waals surface area contributed by atoms with Gasteiger partial charge in [-0.05, 0) is 48.4 Å². The average Bonchev–Trinajstić information content (AvgIpc) is 3.17. The summed E-state index contributed by atoms with van der Waals surface area (Å²) in [6.45, 7) is 2.28. The number of aliphatic hydroxyl groups excluding tert-OH is 1. The fraction of sp³-hybridized carbons (Fsp3) is 0.538. The monoisotopic (exact) mass is 303 g/mol. The fourth-order valence-electron chi connectivity index (χ4n) is 2.00. The van der Waals surface area contributed by atoms with E-state index in [1.807, 2.05) is 0 Å². The molecule has 0 unspecified atom stereocenters. The van der Waals surface area contributed by atoms with E-state index in [0.29, 0.717) is 17.1 Å². The van der Waals surface area contributed by atoms with Crippen molar-refractivity contribution in [1.29, 1.82) is 0 Å². The van der Waals surface area contributed by atoms with E-state index in [2.05, 4.69) is 11.6 Å². The number of aliphatic hydroxyl groups is 1. The highest BCUT2D eigenvalue weighted by atomic mass is 35.5. The first kappa shape index (κ1) is 14.8. The molecule has 0 heterocycles. The summed E-state index contributed by atoms with van der Waals surface area (Å²) < 4.78 is 27.0. The smallest absolute Gasteiger partial charge is 0.240 e. The zero-order valence-electron chi connectivity index (χ0n) is 10.8. The summed E-state index contributed by atoms with van der Waals surface area (Å²) in [5.41, 5.74) is 0.570.